The first kappa shape index (κ1) is 17.6. The third-order valence-electron chi connectivity index (χ3n) is 3.59. The Morgan fingerprint density at radius 1 is 1.17 bits per heavy atom. The summed E-state index contributed by atoms with van der Waals surface area (Å²) in [7, 11) is 4.09. The quantitative estimate of drug-likeness (QED) is 0.811. The van der Waals surface area contributed by atoms with Gasteiger partial charge in [0.25, 0.3) is 6.43 Å². The van der Waals surface area contributed by atoms with Crippen LogP contribution in [0.5, 0.6) is 0 Å². The summed E-state index contributed by atoms with van der Waals surface area (Å²) < 4.78 is 25.9. The van der Waals surface area contributed by atoms with E-state index >= 15 is 0 Å². The van der Waals surface area contributed by atoms with Gasteiger partial charge in [-0.15, -0.1) is 0 Å². The first-order chi connectivity index (χ1) is 10.9. The lowest BCUT2D eigenvalue weighted by atomic mass is 10.1. The zero-order valence-electron chi connectivity index (χ0n) is 13.8. The number of benzene rings is 1. The van der Waals surface area contributed by atoms with Crippen LogP contribution in [-0.4, -0.2) is 35.2 Å². The molecule has 0 bridgehead atoms. The SMILES string of the molecule is CC(NCc1ccn(CC(F)F)n1)c1ccc(CN(C)C)cc1. The van der Waals surface area contributed by atoms with Crippen molar-refractivity contribution >= 4 is 0 Å². The predicted molar refractivity (Wildman–Crippen MR) is 87.3 cm³/mol. The Hall–Kier alpha value is -1.79. The molecule has 0 saturated heterocycles. The highest BCUT2D eigenvalue weighted by Crippen LogP contribution is 2.14. The first-order valence-corrected chi connectivity index (χ1v) is 7.71. The Morgan fingerprint density at radius 2 is 1.87 bits per heavy atom. The summed E-state index contributed by atoms with van der Waals surface area (Å²) in [6.07, 6.45) is -0.792. The summed E-state index contributed by atoms with van der Waals surface area (Å²) in [6, 6.07) is 10.4. The number of nitrogens with zero attached hydrogens (tertiary/aromatic N) is 3. The summed E-state index contributed by atoms with van der Waals surface area (Å²) in [5.41, 5.74) is 3.23. The van der Waals surface area contributed by atoms with E-state index in [1.54, 1.807) is 12.3 Å². The molecule has 0 fully saturated rings. The van der Waals surface area contributed by atoms with E-state index in [0.717, 1.165) is 12.2 Å². The molecule has 0 aliphatic carbocycles. The maximum atomic E-state index is 12.3. The second-order valence-corrected chi connectivity index (χ2v) is 6.00. The summed E-state index contributed by atoms with van der Waals surface area (Å²) in [6.45, 7) is 3.19. The van der Waals surface area contributed by atoms with E-state index in [2.05, 4.69) is 46.5 Å². The molecule has 1 heterocycles. The summed E-state index contributed by atoms with van der Waals surface area (Å²) >= 11 is 0. The molecule has 6 heteroatoms. The Kier molecular flexibility index (Phi) is 6.24. The fourth-order valence-electron chi connectivity index (χ4n) is 2.39. The third kappa shape index (κ3) is 5.73. The average Bonchev–Trinajstić information content (AvgIpc) is 2.91. The minimum absolute atomic E-state index is 0.170. The van der Waals surface area contributed by atoms with Gasteiger partial charge in [0.05, 0.1) is 5.69 Å². The van der Waals surface area contributed by atoms with E-state index < -0.39 is 6.43 Å². The predicted octanol–water partition coefficient (Wildman–Crippen LogP) is 3.06. The van der Waals surface area contributed by atoms with Crippen LogP contribution in [0.15, 0.2) is 36.5 Å². The highest BCUT2D eigenvalue weighted by molar-refractivity contribution is 5.24. The zero-order chi connectivity index (χ0) is 16.8. The average molecular weight is 322 g/mol. The Bertz CT molecular complexity index is 593. The molecule has 0 amide bonds. The molecule has 126 valence electrons. The molecule has 0 aliphatic rings. The topological polar surface area (TPSA) is 33.1 Å². The Labute approximate surface area is 136 Å². The van der Waals surface area contributed by atoms with Crippen molar-refractivity contribution in [2.24, 2.45) is 0 Å². The van der Waals surface area contributed by atoms with Gasteiger partial charge in [-0.05, 0) is 38.2 Å². The van der Waals surface area contributed by atoms with Gasteiger partial charge in [-0.3, -0.25) is 4.68 Å². The van der Waals surface area contributed by atoms with Gasteiger partial charge in [-0.1, -0.05) is 24.3 Å². The molecule has 4 nitrogen and oxygen atoms in total. The number of halogens is 2. The molecular formula is C17H24F2N4. The molecule has 1 aromatic carbocycles. The number of alkyl halides is 2. The Balaban J connectivity index is 1.86. The van der Waals surface area contributed by atoms with E-state index in [-0.39, 0.29) is 12.6 Å². The highest BCUT2D eigenvalue weighted by atomic mass is 19.3. The number of hydrogen-bond acceptors (Lipinski definition) is 3. The monoisotopic (exact) mass is 322 g/mol. The highest BCUT2D eigenvalue weighted by Gasteiger charge is 2.08. The molecule has 2 aromatic rings. The van der Waals surface area contributed by atoms with Crippen LogP contribution in [0.25, 0.3) is 0 Å². The van der Waals surface area contributed by atoms with E-state index in [4.69, 9.17) is 0 Å². The molecular weight excluding hydrogens is 298 g/mol. The lowest BCUT2D eigenvalue weighted by Gasteiger charge is -2.15. The van der Waals surface area contributed by atoms with Crippen molar-refractivity contribution in [2.75, 3.05) is 14.1 Å². The van der Waals surface area contributed by atoms with Crippen molar-refractivity contribution in [3.63, 3.8) is 0 Å². The normalized spacial score (nSPS) is 13.0. The van der Waals surface area contributed by atoms with Crippen LogP contribution in [0, 0.1) is 0 Å². The van der Waals surface area contributed by atoms with Crippen LogP contribution in [0.2, 0.25) is 0 Å². The van der Waals surface area contributed by atoms with E-state index in [0.29, 0.717) is 6.54 Å². The van der Waals surface area contributed by atoms with Gasteiger partial charge >= 0.3 is 0 Å². The van der Waals surface area contributed by atoms with Gasteiger partial charge in [0, 0.05) is 25.3 Å². The molecule has 0 aliphatic heterocycles. The van der Waals surface area contributed by atoms with Crippen LogP contribution >= 0.6 is 0 Å². The van der Waals surface area contributed by atoms with Gasteiger partial charge < -0.3 is 10.2 Å². The van der Waals surface area contributed by atoms with E-state index in [1.165, 1.54) is 15.8 Å². The van der Waals surface area contributed by atoms with Gasteiger partial charge in [-0.2, -0.15) is 5.10 Å². The molecule has 23 heavy (non-hydrogen) atoms. The molecule has 1 unspecified atom stereocenters. The molecule has 0 spiro atoms. The zero-order valence-corrected chi connectivity index (χ0v) is 13.8. The van der Waals surface area contributed by atoms with Gasteiger partial charge in [0.15, 0.2) is 0 Å². The van der Waals surface area contributed by atoms with E-state index in [1.807, 2.05) is 14.1 Å². The van der Waals surface area contributed by atoms with Crippen LogP contribution in [-0.2, 0) is 19.6 Å². The summed E-state index contributed by atoms with van der Waals surface area (Å²) in [4.78, 5) is 2.13. The van der Waals surface area contributed by atoms with Gasteiger partial charge in [0.1, 0.15) is 6.54 Å². The molecule has 0 saturated carbocycles. The van der Waals surface area contributed by atoms with Crippen LogP contribution in [0.4, 0.5) is 8.78 Å². The largest absolute Gasteiger partial charge is 0.305 e. The van der Waals surface area contributed by atoms with Crippen molar-refractivity contribution < 1.29 is 8.78 Å². The van der Waals surface area contributed by atoms with Crippen LogP contribution in [0.3, 0.4) is 0 Å². The minimum Gasteiger partial charge on any atom is -0.305 e. The smallest absolute Gasteiger partial charge is 0.257 e. The molecule has 1 aromatic heterocycles. The summed E-state index contributed by atoms with van der Waals surface area (Å²) in [5, 5.41) is 7.50. The van der Waals surface area contributed by atoms with Crippen molar-refractivity contribution in [3.8, 4) is 0 Å². The fraction of sp³-hybridized carbons (Fsp3) is 0.471. The second-order valence-electron chi connectivity index (χ2n) is 6.00. The molecule has 1 N–H and O–H groups in total. The third-order valence-corrected chi connectivity index (χ3v) is 3.59. The molecule has 2 rings (SSSR count). The maximum absolute atomic E-state index is 12.3. The molecule has 0 radical (unpaired) electrons. The van der Waals surface area contributed by atoms with Gasteiger partial charge in [-0.25, -0.2) is 8.78 Å². The van der Waals surface area contributed by atoms with Crippen molar-refractivity contribution in [1.29, 1.82) is 0 Å². The number of nitrogens with one attached hydrogen (secondary N) is 1. The van der Waals surface area contributed by atoms with Crippen molar-refractivity contribution in [3.05, 3.63) is 53.3 Å². The summed E-state index contributed by atoms with van der Waals surface area (Å²) in [5.74, 6) is 0. The van der Waals surface area contributed by atoms with Crippen molar-refractivity contribution in [2.45, 2.75) is 39.0 Å². The minimum atomic E-state index is -2.38. The van der Waals surface area contributed by atoms with Crippen LogP contribution in [0.1, 0.15) is 29.8 Å². The van der Waals surface area contributed by atoms with E-state index in [9.17, 15) is 8.78 Å². The van der Waals surface area contributed by atoms with Crippen molar-refractivity contribution in [1.82, 2.24) is 20.0 Å². The lowest BCUT2D eigenvalue weighted by molar-refractivity contribution is 0.121. The number of hydrogen-bond donors (Lipinski definition) is 1. The lowest BCUT2D eigenvalue weighted by Crippen LogP contribution is -2.19. The fourth-order valence-corrected chi connectivity index (χ4v) is 2.39. The number of rotatable bonds is 8. The Morgan fingerprint density at radius 3 is 2.48 bits per heavy atom. The first-order valence-electron chi connectivity index (χ1n) is 7.71. The standard InChI is InChI=1S/C17H24F2N4/c1-13(15-6-4-14(5-7-15)11-22(2)3)20-10-16-8-9-23(21-16)12-17(18)19/h4-9,13,17,20H,10-12H2,1-3H3. The van der Waals surface area contributed by atoms with Gasteiger partial charge in [0.2, 0.25) is 0 Å². The van der Waals surface area contributed by atoms with Crippen LogP contribution < -0.4 is 5.32 Å². The molecule has 1 atom stereocenters. The second kappa shape index (κ2) is 8.17. The maximum Gasteiger partial charge on any atom is 0.257 e. The number of aromatic nitrogens is 2.